The molecule has 0 bridgehead atoms. The monoisotopic (exact) mass is 292 g/mol. The van der Waals surface area contributed by atoms with Crippen molar-refractivity contribution in [3.05, 3.63) is 35.4 Å². The predicted octanol–water partition coefficient (Wildman–Crippen LogP) is 0.553. The van der Waals surface area contributed by atoms with Crippen LogP contribution in [0.1, 0.15) is 17.0 Å². The van der Waals surface area contributed by atoms with Crippen molar-refractivity contribution >= 4 is 18.0 Å². The number of hydrogen-bond donors (Lipinski definition) is 2. The van der Waals surface area contributed by atoms with Crippen LogP contribution < -0.4 is 5.32 Å². The van der Waals surface area contributed by atoms with Gasteiger partial charge in [0.15, 0.2) is 0 Å². The Hall–Kier alpha value is -2.41. The third-order valence-corrected chi connectivity index (χ3v) is 3.36. The van der Waals surface area contributed by atoms with Gasteiger partial charge in [-0.15, -0.1) is 0 Å². The van der Waals surface area contributed by atoms with Gasteiger partial charge in [0.2, 0.25) is 5.91 Å². The van der Waals surface area contributed by atoms with Crippen molar-refractivity contribution in [1.29, 1.82) is 0 Å². The van der Waals surface area contributed by atoms with E-state index < -0.39 is 23.9 Å². The SMILES string of the molecule is COC(=O)NC(=O)CN1Cc2ccccc2C(C(=O)O)C1. The number of aliphatic carboxylic acids is 1. The summed E-state index contributed by atoms with van der Waals surface area (Å²) >= 11 is 0. The number of benzene rings is 1. The molecule has 0 saturated heterocycles. The Morgan fingerprint density at radius 1 is 1.38 bits per heavy atom. The van der Waals surface area contributed by atoms with E-state index in [1.807, 2.05) is 12.1 Å². The van der Waals surface area contributed by atoms with Crippen molar-refractivity contribution in [3.63, 3.8) is 0 Å². The Morgan fingerprint density at radius 3 is 2.76 bits per heavy atom. The quantitative estimate of drug-likeness (QED) is 0.844. The summed E-state index contributed by atoms with van der Waals surface area (Å²) in [7, 11) is 1.17. The number of ether oxygens (including phenoxy) is 1. The number of carboxylic acids is 1. The molecule has 0 spiro atoms. The van der Waals surface area contributed by atoms with Gasteiger partial charge in [-0.25, -0.2) is 4.79 Å². The van der Waals surface area contributed by atoms with E-state index in [0.29, 0.717) is 6.54 Å². The molecule has 0 saturated carbocycles. The molecule has 1 atom stereocenters. The molecule has 2 amide bonds. The van der Waals surface area contributed by atoms with Crippen LogP contribution in [0.2, 0.25) is 0 Å². The molecule has 1 unspecified atom stereocenters. The van der Waals surface area contributed by atoms with Crippen LogP contribution >= 0.6 is 0 Å². The highest BCUT2D eigenvalue weighted by Crippen LogP contribution is 2.28. The van der Waals surface area contributed by atoms with Crippen molar-refractivity contribution < 1.29 is 24.2 Å². The Bertz CT molecular complexity index is 572. The molecule has 7 heteroatoms. The molecule has 1 aliphatic heterocycles. The summed E-state index contributed by atoms with van der Waals surface area (Å²) in [5, 5.41) is 11.4. The number of methoxy groups -OCH3 is 1. The lowest BCUT2D eigenvalue weighted by Gasteiger charge is -2.32. The molecule has 21 heavy (non-hydrogen) atoms. The van der Waals surface area contributed by atoms with E-state index in [1.165, 1.54) is 7.11 Å². The van der Waals surface area contributed by atoms with Crippen molar-refractivity contribution in [1.82, 2.24) is 10.2 Å². The average molecular weight is 292 g/mol. The van der Waals surface area contributed by atoms with Crippen LogP contribution in [0.15, 0.2) is 24.3 Å². The fourth-order valence-electron chi connectivity index (χ4n) is 2.42. The Kier molecular flexibility index (Phi) is 4.54. The Labute approximate surface area is 121 Å². The van der Waals surface area contributed by atoms with Crippen LogP contribution in [0, 0.1) is 0 Å². The van der Waals surface area contributed by atoms with Gasteiger partial charge < -0.3 is 9.84 Å². The first-order valence-electron chi connectivity index (χ1n) is 6.42. The molecule has 0 fully saturated rings. The smallest absolute Gasteiger partial charge is 0.413 e. The average Bonchev–Trinajstić information content (AvgIpc) is 2.45. The van der Waals surface area contributed by atoms with Gasteiger partial charge in [-0.2, -0.15) is 0 Å². The number of hydrogen-bond acceptors (Lipinski definition) is 5. The molecule has 0 aromatic heterocycles. The zero-order chi connectivity index (χ0) is 15.4. The maximum absolute atomic E-state index is 11.7. The molecule has 112 valence electrons. The maximum Gasteiger partial charge on any atom is 0.413 e. The number of nitrogens with one attached hydrogen (secondary N) is 1. The highest BCUT2D eigenvalue weighted by Gasteiger charge is 2.31. The van der Waals surface area contributed by atoms with E-state index in [1.54, 1.807) is 17.0 Å². The molecule has 2 rings (SSSR count). The maximum atomic E-state index is 11.7. The van der Waals surface area contributed by atoms with E-state index in [0.717, 1.165) is 11.1 Å². The number of carbonyl (C=O) groups is 3. The first kappa shape index (κ1) is 15.0. The first-order chi connectivity index (χ1) is 10.0. The number of fused-ring (bicyclic) bond motifs is 1. The summed E-state index contributed by atoms with van der Waals surface area (Å²) in [5.41, 5.74) is 1.65. The van der Waals surface area contributed by atoms with Crippen LogP contribution in [0.25, 0.3) is 0 Å². The molecule has 1 heterocycles. The lowest BCUT2D eigenvalue weighted by molar-refractivity contribution is -0.140. The lowest BCUT2D eigenvalue weighted by Crippen LogP contribution is -2.44. The minimum atomic E-state index is -0.930. The molecule has 2 N–H and O–H groups in total. The van der Waals surface area contributed by atoms with Crippen LogP contribution in [0.5, 0.6) is 0 Å². The number of imide groups is 1. The first-order valence-corrected chi connectivity index (χ1v) is 6.42. The zero-order valence-corrected chi connectivity index (χ0v) is 11.5. The van der Waals surface area contributed by atoms with Gasteiger partial charge in [0.1, 0.15) is 0 Å². The summed E-state index contributed by atoms with van der Waals surface area (Å²) in [4.78, 5) is 35.7. The molecule has 1 aromatic rings. The van der Waals surface area contributed by atoms with Crippen molar-refractivity contribution in [2.24, 2.45) is 0 Å². The van der Waals surface area contributed by atoms with Crippen LogP contribution in [0.3, 0.4) is 0 Å². The van der Waals surface area contributed by atoms with Gasteiger partial charge in [-0.05, 0) is 11.1 Å². The fraction of sp³-hybridized carbons (Fsp3) is 0.357. The number of alkyl carbamates (subject to hydrolysis) is 1. The summed E-state index contributed by atoms with van der Waals surface area (Å²) in [6, 6.07) is 7.26. The largest absolute Gasteiger partial charge is 0.481 e. The third-order valence-electron chi connectivity index (χ3n) is 3.36. The topological polar surface area (TPSA) is 95.9 Å². The number of nitrogens with zero attached hydrogens (tertiary/aromatic N) is 1. The number of carbonyl (C=O) groups excluding carboxylic acids is 2. The van der Waals surface area contributed by atoms with Gasteiger partial charge in [-0.3, -0.25) is 19.8 Å². The van der Waals surface area contributed by atoms with Crippen LogP contribution in [-0.2, 0) is 20.9 Å². The van der Waals surface area contributed by atoms with Gasteiger partial charge in [-0.1, -0.05) is 24.3 Å². The third kappa shape index (κ3) is 3.57. The number of carboxylic acid groups (broad SMARTS) is 1. The molecule has 0 aliphatic carbocycles. The van der Waals surface area contributed by atoms with Crippen molar-refractivity contribution in [2.75, 3.05) is 20.2 Å². The van der Waals surface area contributed by atoms with E-state index in [2.05, 4.69) is 10.1 Å². The molecular formula is C14H16N2O5. The molecule has 0 radical (unpaired) electrons. The van der Waals surface area contributed by atoms with Crippen molar-refractivity contribution in [3.8, 4) is 0 Å². The van der Waals surface area contributed by atoms with E-state index >= 15 is 0 Å². The molecule has 7 nitrogen and oxygen atoms in total. The van der Waals surface area contributed by atoms with E-state index in [4.69, 9.17) is 0 Å². The van der Waals surface area contributed by atoms with Crippen LogP contribution in [-0.4, -0.2) is 48.2 Å². The number of rotatable bonds is 3. The fourth-order valence-corrected chi connectivity index (χ4v) is 2.42. The minimum absolute atomic E-state index is 0.0623. The molecule has 1 aliphatic rings. The lowest BCUT2D eigenvalue weighted by atomic mass is 9.90. The molecular weight excluding hydrogens is 276 g/mol. The number of amides is 2. The van der Waals surface area contributed by atoms with Crippen molar-refractivity contribution in [2.45, 2.75) is 12.5 Å². The Morgan fingerprint density at radius 2 is 2.10 bits per heavy atom. The van der Waals surface area contributed by atoms with E-state index in [9.17, 15) is 19.5 Å². The summed E-state index contributed by atoms with van der Waals surface area (Å²) in [6.45, 7) is 0.628. The van der Waals surface area contributed by atoms with Gasteiger partial charge >= 0.3 is 12.1 Å². The van der Waals surface area contributed by atoms with Crippen LogP contribution in [0.4, 0.5) is 4.79 Å². The second kappa shape index (κ2) is 6.36. The second-order valence-corrected chi connectivity index (χ2v) is 4.80. The highest BCUT2D eigenvalue weighted by atomic mass is 16.5. The van der Waals surface area contributed by atoms with Gasteiger partial charge in [0.25, 0.3) is 0 Å². The normalized spacial score (nSPS) is 17.7. The van der Waals surface area contributed by atoms with Gasteiger partial charge in [0.05, 0.1) is 19.6 Å². The summed E-state index contributed by atoms with van der Waals surface area (Å²) < 4.78 is 4.34. The molecule has 1 aromatic carbocycles. The standard InChI is InChI=1S/C14H16N2O5/c1-21-14(20)15-12(17)8-16-6-9-4-2-3-5-10(9)11(7-16)13(18)19/h2-5,11H,6-8H2,1H3,(H,18,19)(H,15,17,20). The highest BCUT2D eigenvalue weighted by molar-refractivity contribution is 5.92. The summed E-state index contributed by atoms with van der Waals surface area (Å²) in [5.74, 6) is -2.13. The minimum Gasteiger partial charge on any atom is -0.481 e. The summed E-state index contributed by atoms with van der Waals surface area (Å²) in [6.07, 6.45) is -0.827. The Balaban J connectivity index is 2.09. The van der Waals surface area contributed by atoms with E-state index in [-0.39, 0.29) is 13.1 Å². The zero-order valence-electron chi connectivity index (χ0n) is 11.5. The van der Waals surface area contributed by atoms with Gasteiger partial charge in [0, 0.05) is 13.1 Å². The predicted molar refractivity (Wildman–Crippen MR) is 72.6 cm³/mol. The second-order valence-electron chi connectivity index (χ2n) is 4.80.